The highest BCUT2D eigenvalue weighted by molar-refractivity contribution is 7.85. The lowest BCUT2D eigenvalue weighted by molar-refractivity contribution is -0.297. The Labute approximate surface area is 209 Å². The number of carbonyl (C=O) groups is 3. The molecule has 4 amide bonds. The summed E-state index contributed by atoms with van der Waals surface area (Å²) in [4.78, 5) is 46.3. The van der Waals surface area contributed by atoms with Crippen molar-refractivity contribution >= 4 is 33.7 Å². The van der Waals surface area contributed by atoms with Gasteiger partial charge in [-0.1, -0.05) is 19.4 Å². The zero-order valence-corrected chi connectivity index (χ0v) is 21.0. The maximum absolute atomic E-state index is 13.0. The first-order valence-electron chi connectivity index (χ1n) is 11.4. The van der Waals surface area contributed by atoms with Crippen LogP contribution in [0.25, 0.3) is 0 Å². The van der Waals surface area contributed by atoms with E-state index < -0.39 is 39.9 Å². The number of nitrogens with zero attached hydrogens (tertiary/aromatic N) is 3. The molecule has 0 spiro atoms. The number of amides is 4. The van der Waals surface area contributed by atoms with Crippen molar-refractivity contribution in [1.82, 2.24) is 9.80 Å². The Kier molecular flexibility index (Phi) is 8.51. The molecule has 0 bridgehead atoms. The Morgan fingerprint density at radius 2 is 1.78 bits per heavy atom. The third-order valence-electron chi connectivity index (χ3n) is 5.68. The first-order chi connectivity index (χ1) is 17.0. The van der Waals surface area contributed by atoms with Gasteiger partial charge in [0.15, 0.2) is 12.0 Å². The smallest absolute Gasteiger partial charge is 0.336 e. The topological polar surface area (TPSA) is 154 Å². The van der Waals surface area contributed by atoms with Gasteiger partial charge in [0.05, 0.1) is 11.4 Å². The number of benzene rings is 1. The van der Waals surface area contributed by atoms with Crippen molar-refractivity contribution in [3.63, 3.8) is 0 Å². The third-order valence-corrected chi connectivity index (χ3v) is 6.48. The Hall–Kier alpha value is -3.26. The van der Waals surface area contributed by atoms with E-state index in [0.29, 0.717) is 29.2 Å². The van der Waals surface area contributed by atoms with E-state index in [9.17, 15) is 22.8 Å². The molecule has 196 valence electrons. The van der Waals surface area contributed by atoms with Crippen LogP contribution in [0.4, 0.5) is 10.5 Å². The molecule has 0 radical (unpaired) electrons. The van der Waals surface area contributed by atoms with Crippen LogP contribution in [0.15, 0.2) is 41.8 Å². The Balaban J connectivity index is 1.98. The molecule has 1 saturated heterocycles. The first kappa shape index (κ1) is 27.3. The summed E-state index contributed by atoms with van der Waals surface area (Å²) in [5.74, 6) is -1.49. The van der Waals surface area contributed by atoms with Crippen LogP contribution < -0.4 is 9.64 Å². The van der Waals surface area contributed by atoms with Crippen molar-refractivity contribution < 1.29 is 42.2 Å². The molecule has 2 N–H and O–H groups in total. The minimum absolute atomic E-state index is 0.0764. The molecule has 1 aromatic rings. The van der Waals surface area contributed by atoms with Gasteiger partial charge < -0.3 is 9.64 Å². The number of hydrogen-bond donors (Lipinski definition) is 2. The van der Waals surface area contributed by atoms with E-state index in [2.05, 4.69) is 4.89 Å². The number of carbonyl (C=O) groups excluding carboxylic acids is 3. The molecular formula is C23H29N3O9S. The fourth-order valence-corrected chi connectivity index (χ4v) is 4.31. The van der Waals surface area contributed by atoms with Crippen molar-refractivity contribution in [2.24, 2.45) is 0 Å². The van der Waals surface area contributed by atoms with E-state index in [0.717, 1.165) is 10.5 Å². The molecule has 2 heterocycles. The number of barbiturate groups is 1. The molecule has 12 nitrogen and oxygen atoms in total. The van der Waals surface area contributed by atoms with Gasteiger partial charge in [-0.25, -0.2) is 19.8 Å². The molecule has 0 aliphatic carbocycles. The lowest BCUT2D eigenvalue weighted by Crippen LogP contribution is -2.59. The second-order valence-electron chi connectivity index (χ2n) is 8.42. The maximum atomic E-state index is 13.0. The molecule has 1 fully saturated rings. The summed E-state index contributed by atoms with van der Waals surface area (Å²) in [5.41, 5.74) is 1.24. The highest BCUT2D eigenvalue weighted by atomic mass is 32.2. The van der Waals surface area contributed by atoms with Crippen molar-refractivity contribution in [2.45, 2.75) is 46.3 Å². The molecule has 3 rings (SSSR count). The largest absolute Gasteiger partial charge is 0.439 e. The molecule has 36 heavy (non-hydrogen) atoms. The lowest BCUT2D eigenvalue weighted by Gasteiger charge is -2.35. The summed E-state index contributed by atoms with van der Waals surface area (Å²) in [6.45, 7) is 5.29. The Bertz CT molecular complexity index is 1210. The zero-order valence-electron chi connectivity index (χ0n) is 20.2. The normalized spacial score (nSPS) is 19.4. The molecule has 13 heteroatoms. The number of unbranched alkanes of at least 4 members (excludes halogenated alkanes) is 1. The van der Waals surface area contributed by atoms with Crippen LogP contribution in [0.1, 0.15) is 38.7 Å². The summed E-state index contributed by atoms with van der Waals surface area (Å²) in [5, 5.41) is 9.07. The molecule has 1 unspecified atom stereocenters. The summed E-state index contributed by atoms with van der Waals surface area (Å²) in [7, 11) is -4.16. The maximum Gasteiger partial charge on any atom is 0.336 e. The Morgan fingerprint density at radius 1 is 1.08 bits per heavy atom. The summed E-state index contributed by atoms with van der Waals surface area (Å²) in [6, 6.07) is 4.51. The number of allylic oxidation sites excluding steroid dienone is 2. The van der Waals surface area contributed by atoms with Crippen LogP contribution in [0, 0.1) is 6.92 Å². The quantitative estimate of drug-likeness (QED) is 0.154. The SMILES string of the molecule is CCCCN1C(=O)C(=CC=C2Oc3ccc(C)cc3N2CCCS(=O)(=O)O)C(=O)N(C(C)OO)C1=O. The summed E-state index contributed by atoms with van der Waals surface area (Å²) >= 11 is 0. The standard InChI is InChI=1S/C23H29N3O9S/c1-4-5-11-25-21(27)17(22(28)26(23(25)29)16(3)35-30)8-10-20-24(12-6-13-36(31,32)33)18-14-15(2)7-9-19(18)34-20/h7-10,14,16,30H,4-6,11-13H2,1-3H3,(H,31,32,33). The van der Waals surface area contributed by atoms with Crippen LogP contribution >= 0.6 is 0 Å². The van der Waals surface area contributed by atoms with Crippen molar-refractivity contribution in [1.29, 1.82) is 0 Å². The van der Waals surface area contributed by atoms with Gasteiger partial charge in [0, 0.05) is 13.1 Å². The van der Waals surface area contributed by atoms with Gasteiger partial charge in [0.25, 0.3) is 21.9 Å². The highest BCUT2D eigenvalue weighted by Crippen LogP contribution is 2.39. The van der Waals surface area contributed by atoms with E-state index in [1.165, 1.54) is 19.1 Å². The Morgan fingerprint density at radius 3 is 2.42 bits per heavy atom. The van der Waals surface area contributed by atoms with Crippen LogP contribution in [0.5, 0.6) is 5.75 Å². The van der Waals surface area contributed by atoms with E-state index in [-0.39, 0.29) is 31.0 Å². The van der Waals surface area contributed by atoms with Gasteiger partial charge in [-0.2, -0.15) is 8.42 Å². The minimum Gasteiger partial charge on any atom is -0.439 e. The summed E-state index contributed by atoms with van der Waals surface area (Å²) in [6.07, 6.45) is 2.57. The van der Waals surface area contributed by atoms with Gasteiger partial charge in [-0.15, -0.1) is 0 Å². The second-order valence-corrected chi connectivity index (χ2v) is 9.99. The molecular weight excluding hydrogens is 494 g/mol. The van der Waals surface area contributed by atoms with Crippen LogP contribution in [0.3, 0.4) is 0 Å². The molecule has 1 atom stereocenters. The van der Waals surface area contributed by atoms with Gasteiger partial charge in [-0.05, 0) is 56.5 Å². The van der Waals surface area contributed by atoms with Crippen molar-refractivity contribution in [3.8, 4) is 5.75 Å². The minimum atomic E-state index is -4.16. The van der Waals surface area contributed by atoms with Crippen LogP contribution in [-0.4, -0.2) is 70.9 Å². The number of rotatable bonds is 10. The second kappa shape index (κ2) is 11.2. The number of imide groups is 2. The third kappa shape index (κ3) is 5.93. The van der Waals surface area contributed by atoms with Gasteiger partial charge >= 0.3 is 6.03 Å². The monoisotopic (exact) mass is 523 g/mol. The number of ether oxygens (including phenoxy) is 1. The fourth-order valence-electron chi connectivity index (χ4n) is 3.82. The van der Waals surface area contributed by atoms with Crippen LogP contribution in [0.2, 0.25) is 0 Å². The predicted octanol–water partition coefficient (Wildman–Crippen LogP) is 2.67. The number of hydrogen-bond acceptors (Lipinski definition) is 9. The molecule has 0 saturated carbocycles. The predicted molar refractivity (Wildman–Crippen MR) is 128 cm³/mol. The van der Waals surface area contributed by atoms with E-state index in [1.54, 1.807) is 11.0 Å². The van der Waals surface area contributed by atoms with E-state index >= 15 is 0 Å². The molecule has 0 aromatic heterocycles. The number of anilines is 1. The van der Waals surface area contributed by atoms with E-state index in [1.807, 2.05) is 26.0 Å². The van der Waals surface area contributed by atoms with E-state index in [4.69, 9.17) is 14.5 Å². The van der Waals surface area contributed by atoms with Gasteiger partial charge in [0.2, 0.25) is 5.88 Å². The van der Waals surface area contributed by atoms with Gasteiger partial charge in [-0.3, -0.25) is 19.0 Å². The molecule has 2 aliphatic heterocycles. The zero-order chi connectivity index (χ0) is 26.6. The summed E-state index contributed by atoms with van der Waals surface area (Å²) < 4.78 is 37.3. The number of aryl methyl sites for hydroxylation is 1. The van der Waals surface area contributed by atoms with Crippen molar-refractivity contribution in [3.05, 3.63) is 47.4 Å². The van der Waals surface area contributed by atoms with Crippen molar-refractivity contribution in [2.75, 3.05) is 23.7 Å². The molecule has 2 aliphatic rings. The highest BCUT2D eigenvalue weighted by Gasteiger charge is 2.44. The molecule has 1 aromatic carbocycles. The fraction of sp³-hybridized carbons (Fsp3) is 0.435. The number of urea groups is 1. The number of fused-ring (bicyclic) bond motifs is 1. The first-order valence-corrected chi connectivity index (χ1v) is 13.0. The van der Waals surface area contributed by atoms with Crippen LogP contribution in [-0.2, 0) is 24.6 Å². The van der Waals surface area contributed by atoms with Gasteiger partial charge in [0.1, 0.15) is 5.57 Å². The lowest BCUT2D eigenvalue weighted by atomic mass is 10.1. The average molecular weight is 524 g/mol. The average Bonchev–Trinajstić information content (AvgIpc) is 3.14.